The van der Waals surface area contributed by atoms with Crippen LogP contribution < -0.4 is 14.4 Å². The van der Waals surface area contributed by atoms with E-state index >= 15 is 0 Å². The highest BCUT2D eigenvalue weighted by molar-refractivity contribution is 7.91. The zero-order valence-electron chi connectivity index (χ0n) is 19.7. The molecule has 1 aliphatic rings. The quantitative estimate of drug-likeness (QED) is 0.426. The molecule has 11 nitrogen and oxygen atoms in total. The lowest BCUT2D eigenvalue weighted by Crippen LogP contribution is -2.43. The van der Waals surface area contributed by atoms with Crippen molar-refractivity contribution in [1.29, 1.82) is 0 Å². The van der Waals surface area contributed by atoms with E-state index in [9.17, 15) is 12.8 Å². The zero-order chi connectivity index (χ0) is 25.0. The summed E-state index contributed by atoms with van der Waals surface area (Å²) >= 11 is 0. The molecule has 188 valence electrons. The van der Waals surface area contributed by atoms with Crippen molar-refractivity contribution in [2.24, 2.45) is 0 Å². The first-order chi connectivity index (χ1) is 16.9. The number of methoxy groups -OCH3 is 3. The molecule has 35 heavy (non-hydrogen) atoms. The summed E-state index contributed by atoms with van der Waals surface area (Å²) in [6.07, 6.45) is 3.26. The molecule has 1 aromatic carbocycles. The third-order valence-corrected chi connectivity index (χ3v) is 7.86. The second-order valence-electron chi connectivity index (χ2n) is 8.03. The lowest BCUT2D eigenvalue weighted by molar-refractivity contribution is 0.176. The summed E-state index contributed by atoms with van der Waals surface area (Å²) in [6.45, 7) is 0.891. The van der Waals surface area contributed by atoms with Crippen LogP contribution in [0.4, 0.5) is 10.3 Å². The predicted octanol–water partition coefficient (Wildman–Crippen LogP) is 1.94. The van der Waals surface area contributed by atoms with Crippen molar-refractivity contribution in [2.45, 2.75) is 30.5 Å². The van der Waals surface area contributed by atoms with Crippen molar-refractivity contribution < 1.29 is 27.0 Å². The van der Waals surface area contributed by atoms with Gasteiger partial charge in [0.2, 0.25) is 5.95 Å². The number of piperidine rings is 1. The fraction of sp³-hybridized carbons (Fsp3) is 0.455. The summed E-state index contributed by atoms with van der Waals surface area (Å²) in [5.74, 6) is 0.965. The second kappa shape index (κ2) is 10.5. The van der Waals surface area contributed by atoms with Crippen LogP contribution in [0, 0.1) is 5.82 Å². The van der Waals surface area contributed by atoms with Crippen molar-refractivity contribution in [2.75, 3.05) is 39.3 Å². The Morgan fingerprint density at radius 3 is 2.34 bits per heavy atom. The Bertz CT molecular complexity index is 1250. The third kappa shape index (κ3) is 5.20. The minimum absolute atomic E-state index is 0.105. The maximum atomic E-state index is 13.5. The summed E-state index contributed by atoms with van der Waals surface area (Å²) < 4.78 is 58.2. The molecule has 13 heteroatoms. The van der Waals surface area contributed by atoms with E-state index in [-0.39, 0.29) is 24.7 Å². The summed E-state index contributed by atoms with van der Waals surface area (Å²) in [5.41, 5.74) is 0.490. The average molecular weight is 507 g/mol. The van der Waals surface area contributed by atoms with E-state index in [1.807, 2.05) is 0 Å². The van der Waals surface area contributed by atoms with Crippen molar-refractivity contribution in [3.8, 4) is 17.2 Å². The Kier molecular flexibility index (Phi) is 7.45. The molecular formula is C22H27FN6O5S. The number of benzene rings is 1. The van der Waals surface area contributed by atoms with E-state index in [4.69, 9.17) is 14.2 Å². The molecule has 0 saturated carbocycles. The van der Waals surface area contributed by atoms with Gasteiger partial charge >= 0.3 is 0 Å². The number of aromatic nitrogens is 5. The van der Waals surface area contributed by atoms with Crippen LogP contribution in [0.15, 0.2) is 30.6 Å². The number of hydrogen-bond donors (Lipinski definition) is 0. The molecule has 1 fully saturated rings. The molecule has 0 spiro atoms. The molecule has 2 aromatic heterocycles. The van der Waals surface area contributed by atoms with Crippen LogP contribution >= 0.6 is 0 Å². The lowest BCUT2D eigenvalue weighted by atomic mass is 10.1. The number of hydrogen-bond acceptors (Lipinski definition) is 10. The van der Waals surface area contributed by atoms with Crippen LogP contribution in [0.3, 0.4) is 0 Å². The molecule has 0 amide bonds. The van der Waals surface area contributed by atoms with E-state index in [1.54, 1.807) is 27.7 Å². The molecule has 0 aliphatic carbocycles. The predicted molar refractivity (Wildman–Crippen MR) is 125 cm³/mol. The third-order valence-electron chi connectivity index (χ3n) is 5.80. The van der Waals surface area contributed by atoms with Crippen molar-refractivity contribution >= 4 is 15.8 Å². The molecular weight excluding hydrogens is 479 g/mol. The molecule has 0 radical (unpaired) electrons. The van der Waals surface area contributed by atoms with E-state index in [1.165, 1.54) is 21.3 Å². The number of nitrogens with zero attached hydrogens (tertiary/aromatic N) is 6. The molecule has 3 aromatic rings. The number of halogens is 1. The molecule has 1 atom stereocenters. The van der Waals surface area contributed by atoms with Gasteiger partial charge in [-0.15, -0.1) is 10.2 Å². The fourth-order valence-electron chi connectivity index (χ4n) is 4.16. The van der Waals surface area contributed by atoms with Crippen LogP contribution in [0.5, 0.6) is 11.5 Å². The van der Waals surface area contributed by atoms with Crippen LogP contribution in [0.2, 0.25) is 0 Å². The summed E-state index contributed by atoms with van der Waals surface area (Å²) in [7, 11) is 0.877. The number of sulfone groups is 1. The second-order valence-corrected chi connectivity index (χ2v) is 10.3. The Labute approximate surface area is 202 Å². The number of para-hydroxylation sites is 1. The van der Waals surface area contributed by atoms with Crippen LogP contribution in [0.1, 0.15) is 24.5 Å². The molecule has 4 rings (SSSR count). The van der Waals surface area contributed by atoms with E-state index in [2.05, 4.69) is 20.2 Å². The van der Waals surface area contributed by atoms with Crippen LogP contribution in [-0.4, -0.2) is 72.8 Å². The number of ether oxygens (including phenoxy) is 3. The monoisotopic (exact) mass is 506 g/mol. The first kappa shape index (κ1) is 24.8. The molecule has 3 heterocycles. The van der Waals surface area contributed by atoms with Gasteiger partial charge in [0.25, 0.3) is 0 Å². The maximum absolute atomic E-state index is 13.5. The van der Waals surface area contributed by atoms with Gasteiger partial charge in [-0.05, 0) is 25.0 Å². The molecule has 0 unspecified atom stereocenters. The smallest absolute Gasteiger partial charge is 0.225 e. The summed E-state index contributed by atoms with van der Waals surface area (Å²) in [6, 6.07) is 5.26. The molecule has 1 saturated heterocycles. The SMILES string of the molecule is COCc1nnc(CS(=O)(=O)[C@H]2CCCN(c3ncc(F)cn3)C2)n1-c1c(OC)cccc1OC. The highest BCUT2D eigenvalue weighted by atomic mass is 32.2. The Morgan fingerprint density at radius 1 is 1.06 bits per heavy atom. The Hall–Kier alpha value is -3.32. The first-order valence-corrected chi connectivity index (χ1v) is 12.7. The Balaban J connectivity index is 1.67. The highest BCUT2D eigenvalue weighted by Crippen LogP contribution is 2.35. The van der Waals surface area contributed by atoms with Gasteiger partial charge in [0.1, 0.15) is 29.5 Å². The van der Waals surface area contributed by atoms with Crippen LogP contribution in [-0.2, 0) is 26.9 Å². The standard InChI is InChI=1S/C22H27FN6O5S/c1-32-13-19-26-27-20(29(19)21-17(33-2)7-4-8-18(21)34-3)14-35(30,31)16-6-5-9-28(12-16)22-24-10-15(23)11-25-22/h4,7-8,10-11,16H,5-6,9,12-14H2,1-3H3/t16-/m0/s1. The van der Waals surface area contributed by atoms with Gasteiger partial charge in [-0.25, -0.2) is 22.8 Å². The van der Waals surface area contributed by atoms with Gasteiger partial charge in [-0.2, -0.15) is 0 Å². The van der Waals surface area contributed by atoms with Gasteiger partial charge < -0.3 is 19.1 Å². The van der Waals surface area contributed by atoms with Gasteiger partial charge in [-0.3, -0.25) is 4.57 Å². The van der Waals surface area contributed by atoms with Gasteiger partial charge in [0.05, 0.1) is 31.9 Å². The van der Waals surface area contributed by atoms with E-state index in [0.29, 0.717) is 48.3 Å². The minimum Gasteiger partial charge on any atom is -0.494 e. The average Bonchev–Trinajstić information content (AvgIpc) is 3.25. The molecule has 1 aliphatic heterocycles. The van der Waals surface area contributed by atoms with Gasteiger partial charge in [-0.1, -0.05) is 6.07 Å². The van der Waals surface area contributed by atoms with Crippen LogP contribution in [0.25, 0.3) is 5.69 Å². The summed E-state index contributed by atoms with van der Waals surface area (Å²) in [4.78, 5) is 9.75. The van der Waals surface area contributed by atoms with E-state index in [0.717, 1.165) is 12.4 Å². The van der Waals surface area contributed by atoms with E-state index < -0.39 is 20.9 Å². The topological polar surface area (TPSA) is 122 Å². The summed E-state index contributed by atoms with van der Waals surface area (Å²) in [5, 5.41) is 7.69. The normalized spacial score (nSPS) is 16.3. The Morgan fingerprint density at radius 2 is 1.71 bits per heavy atom. The lowest BCUT2D eigenvalue weighted by Gasteiger charge is -2.32. The largest absolute Gasteiger partial charge is 0.494 e. The van der Waals surface area contributed by atoms with Crippen molar-refractivity contribution in [1.82, 2.24) is 24.7 Å². The maximum Gasteiger partial charge on any atom is 0.225 e. The first-order valence-electron chi connectivity index (χ1n) is 11.0. The number of anilines is 1. The number of rotatable bonds is 9. The van der Waals surface area contributed by atoms with Crippen molar-refractivity contribution in [3.63, 3.8) is 0 Å². The fourth-order valence-corrected chi connectivity index (χ4v) is 5.87. The molecule has 0 bridgehead atoms. The van der Waals surface area contributed by atoms with Gasteiger partial charge in [0, 0.05) is 20.2 Å². The highest BCUT2D eigenvalue weighted by Gasteiger charge is 2.34. The zero-order valence-corrected chi connectivity index (χ0v) is 20.5. The molecule has 0 N–H and O–H groups in total. The minimum atomic E-state index is -3.67. The van der Waals surface area contributed by atoms with Crippen molar-refractivity contribution in [3.05, 3.63) is 48.1 Å². The van der Waals surface area contributed by atoms with Gasteiger partial charge in [0.15, 0.2) is 27.3 Å².